The molecule has 2 nitrogen and oxygen atoms in total. The number of para-hydroxylation sites is 2. The van der Waals surface area contributed by atoms with Gasteiger partial charge in [-0.15, -0.1) is 0 Å². The smallest absolute Gasteiger partial charge is 0.0541 e. The molecule has 0 atom stereocenters. The fourth-order valence-electron chi connectivity index (χ4n) is 13.9. The quantitative estimate of drug-likeness (QED) is 0.155. The summed E-state index contributed by atoms with van der Waals surface area (Å²) in [5, 5.41) is 2.54. The minimum Gasteiger partial charge on any atom is -0.311 e. The van der Waals surface area contributed by atoms with Crippen LogP contribution in [0.15, 0.2) is 218 Å². The molecule has 9 aromatic carbocycles. The molecule has 1 spiro atoms. The van der Waals surface area contributed by atoms with E-state index in [9.17, 15) is 0 Å². The zero-order valence-electron chi connectivity index (χ0n) is 37.0. The Labute approximate surface area is 387 Å². The van der Waals surface area contributed by atoms with Crippen molar-refractivity contribution in [1.29, 1.82) is 0 Å². The van der Waals surface area contributed by atoms with Crippen molar-refractivity contribution in [3.63, 3.8) is 0 Å². The number of hydrogen-bond donors (Lipinski definition) is 0. The van der Waals surface area contributed by atoms with E-state index in [2.05, 4.69) is 228 Å². The molecule has 2 heteroatoms. The first-order chi connectivity index (χ1) is 32.7. The fourth-order valence-corrected chi connectivity index (χ4v) is 13.9. The van der Waals surface area contributed by atoms with Gasteiger partial charge in [-0.1, -0.05) is 158 Å². The van der Waals surface area contributed by atoms with Gasteiger partial charge in [0.15, 0.2) is 0 Å². The van der Waals surface area contributed by atoms with E-state index in [0.717, 1.165) is 46.4 Å². The summed E-state index contributed by atoms with van der Waals surface area (Å²) in [6, 6.07) is 81.4. The largest absolute Gasteiger partial charge is 0.311 e. The number of anilines is 3. The lowest BCUT2D eigenvalue weighted by Crippen LogP contribution is -2.55. The molecule has 316 valence electrons. The molecule has 1 aromatic heterocycles. The molecule has 0 saturated heterocycles. The Morgan fingerprint density at radius 2 is 0.788 bits per heavy atom. The van der Waals surface area contributed by atoms with Crippen LogP contribution in [0.2, 0.25) is 0 Å². The van der Waals surface area contributed by atoms with Crippen LogP contribution < -0.4 is 4.90 Å². The van der Waals surface area contributed by atoms with E-state index in [4.69, 9.17) is 0 Å². The molecule has 15 rings (SSSR count). The maximum absolute atomic E-state index is 2.51. The fraction of sp³-hybridized carbons (Fsp3) is 0.156. The molecular formula is C64H50N2. The van der Waals surface area contributed by atoms with Crippen LogP contribution in [0.25, 0.3) is 72.0 Å². The first-order valence-electron chi connectivity index (χ1n) is 24.2. The standard InChI is InChI=1S/C64H50N2/c1-2-11-44(12-3-1)46-25-29-51(30-26-46)65(53-33-35-54(36-34-53)66-61-19-8-5-13-56(61)57-14-6-9-20-62(57)66)52-31-27-47(28-32-52)45-21-23-48(24-22-45)55-16-10-18-60-63(55)58-15-4-7-17-59(58)64(60)49-38-42-37-43(40-49)41-50(64)39-42/h1-36,42-43,49-50H,37-41H2. The normalized spacial score (nSPS) is 21.1. The molecule has 10 aromatic rings. The molecule has 1 heterocycles. The third kappa shape index (κ3) is 5.67. The summed E-state index contributed by atoms with van der Waals surface area (Å²) in [4.78, 5) is 2.38. The van der Waals surface area contributed by atoms with Crippen molar-refractivity contribution in [2.24, 2.45) is 23.7 Å². The first-order valence-corrected chi connectivity index (χ1v) is 24.2. The van der Waals surface area contributed by atoms with Crippen LogP contribution in [0.1, 0.15) is 43.2 Å². The number of rotatable bonds is 7. The molecular weight excluding hydrogens is 797 g/mol. The van der Waals surface area contributed by atoms with Crippen molar-refractivity contribution >= 4 is 38.9 Å². The molecule has 0 N–H and O–H groups in total. The number of nitrogens with zero attached hydrogens (tertiary/aromatic N) is 2. The van der Waals surface area contributed by atoms with Gasteiger partial charge in [0.25, 0.3) is 0 Å². The van der Waals surface area contributed by atoms with Crippen molar-refractivity contribution < 1.29 is 0 Å². The van der Waals surface area contributed by atoms with Gasteiger partial charge in [-0.3, -0.25) is 0 Å². The molecule has 0 amide bonds. The summed E-state index contributed by atoms with van der Waals surface area (Å²) in [5.74, 6) is 3.43. The van der Waals surface area contributed by atoms with E-state index < -0.39 is 0 Å². The second-order valence-electron chi connectivity index (χ2n) is 19.7. The second-order valence-corrected chi connectivity index (χ2v) is 19.7. The molecule has 4 saturated carbocycles. The Morgan fingerprint density at radius 3 is 1.38 bits per heavy atom. The van der Waals surface area contributed by atoms with Gasteiger partial charge in [-0.2, -0.15) is 0 Å². The Morgan fingerprint density at radius 1 is 0.348 bits per heavy atom. The highest BCUT2D eigenvalue weighted by Gasteiger charge is 2.61. The first kappa shape index (κ1) is 37.9. The predicted molar refractivity (Wildman–Crippen MR) is 275 cm³/mol. The van der Waals surface area contributed by atoms with E-state index in [-0.39, 0.29) is 5.41 Å². The van der Waals surface area contributed by atoms with Gasteiger partial charge in [-0.25, -0.2) is 0 Å². The van der Waals surface area contributed by atoms with E-state index in [1.165, 1.54) is 98.4 Å². The summed E-state index contributed by atoms with van der Waals surface area (Å²) in [6.45, 7) is 0. The van der Waals surface area contributed by atoms with Gasteiger partial charge < -0.3 is 9.47 Å². The van der Waals surface area contributed by atoms with Gasteiger partial charge in [0.05, 0.1) is 11.0 Å². The average Bonchev–Trinajstić information content (AvgIpc) is 3.88. The van der Waals surface area contributed by atoms with Crippen LogP contribution >= 0.6 is 0 Å². The van der Waals surface area contributed by atoms with Crippen LogP contribution in [-0.4, -0.2) is 4.57 Å². The van der Waals surface area contributed by atoms with E-state index in [1.807, 2.05) is 0 Å². The summed E-state index contributed by atoms with van der Waals surface area (Å²) in [7, 11) is 0. The summed E-state index contributed by atoms with van der Waals surface area (Å²) in [6.07, 6.45) is 7.12. The molecule has 0 radical (unpaired) electrons. The Bertz CT molecular complexity index is 3370. The van der Waals surface area contributed by atoms with Crippen LogP contribution in [0, 0.1) is 23.7 Å². The van der Waals surface area contributed by atoms with Crippen molar-refractivity contribution in [2.45, 2.75) is 37.5 Å². The molecule has 5 aliphatic carbocycles. The van der Waals surface area contributed by atoms with Crippen LogP contribution in [0.5, 0.6) is 0 Å². The van der Waals surface area contributed by atoms with Gasteiger partial charge in [0, 0.05) is 38.9 Å². The van der Waals surface area contributed by atoms with Crippen molar-refractivity contribution in [2.75, 3.05) is 4.90 Å². The number of aromatic nitrogens is 1. The maximum Gasteiger partial charge on any atom is 0.0541 e. The second kappa shape index (κ2) is 14.8. The zero-order chi connectivity index (χ0) is 43.3. The summed E-state index contributed by atoms with van der Waals surface area (Å²) >= 11 is 0. The summed E-state index contributed by atoms with van der Waals surface area (Å²) < 4.78 is 2.39. The Balaban J connectivity index is 0.807. The molecule has 0 unspecified atom stereocenters. The van der Waals surface area contributed by atoms with Gasteiger partial charge >= 0.3 is 0 Å². The predicted octanol–water partition coefficient (Wildman–Crippen LogP) is 17.0. The monoisotopic (exact) mass is 846 g/mol. The Kier molecular flexibility index (Phi) is 8.50. The highest BCUT2D eigenvalue weighted by Crippen LogP contribution is 2.70. The summed E-state index contributed by atoms with van der Waals surface area (Å²) in [5.41, 5.74) is 20.9. The Hall–Kier alpha value is -7.42. The molecule has 66 heavy (non-hydrogen) atoms. The van der Waals surface area contributed by atoms with Crippen LogP contribution in [0.3, 0.4) is 0 Å². The van der Waals surface area contributed by atoms with Crippen molar-refractivity contribution in [1.82, 2.24) is 4.57 Å². The third-order valence-electron chi connectivity index (χ3n) is 16.4. The third-order valence-corrected chi connectivity index (χ3v) is 16.4. The number of benzene rings is 9. The maximum atomic E-state index is 2.51. The van der Waals surface area contributed by atoms with Gasteiger partial charge in [0.2, 0.25) is 0 Å². The topological polar surface area (TPSA) is 8.17 Å². The highest BCUT2D eigenvalue weighted by atomic mass is 15.1. The lowest BCUT2D eigenvalue weighted by molar-refractivity contribution is -0.0399. The minimum absolute atomic E-state index is 0.184. The van der Waals surface area contributed by atoms with Crippen LogP contribution in [0.4, 0.5) is 17.1 Å². The van der Waals surface area contributed by atoms with E-state index in [0.29, 0.717) is 0 Å². The highest BCUT2D eigenvalue weighted by molar-refractivity contribution is 6.09. The van der Waals surface area contributed by atoms with Crippen molar-refractivity contribution in [3.05, 3.63) is 230 Å². The lowest BCUT2D eigenvalue weighted by atomic mass is 9.43. The minimum atomic E-state index is 0.184. The zero-order valence-corrected chi connectivity index (χ0v) is 37.0. The average molecular weight is 847 g/mol. The number of fused-ring (bicyclic) bond motifs is 6. The van der Waals surface area contributed by atoms with Crippen LogP contribution in [-0.2, 0) is 5.41 Å². The van der Waals surface area contributed by atoms with Gasteiger partial charge in [0.1, 0.15) is 0 Å². The lowest BCUT2D eigenvalue weighted by Gasteiger charge is -2.61. The molecule has 5 aliphatic rings. The SMILES string of the molecule is c1ccc(-c2ccc(N(c3ccc(-c4ccc(-c5cccc6c5-c5ccccc5C65C6CC7CC(C6)CC5C7)cc4)cc3)c3ccc(-n4c5ccccc5c5ccccc54)cc3)cc2)cc1. The van der Waals surface area contributed by atoms with Crippen molar-refractivity contribution in [3.8, 4) is 50.2 Å². The van der Waals surface area contributed by atoms with E-state index in [1.54, 1.807) is 11.1 Å². The van der Waals surface area contributed by atoms with Gasteiger partial charge in [-0.05, 0) is 172 Å². The molecule has 4 bridgehead atoms. The van der Waals surface area contributed by atoms with E-state index >= 15 is 0 Å². The number of hydrogen-bond acceptors (Lipinski definition) is 1. The molecule has 0 aliphatic heterocycles. The molecule has 4 fully saturated rings.